The molecule has 2 saturated carbocycles. The molecular weight excluding hydrogens is 381 g/mol. The molecule has 2 N–H and O–H groups in total. The Morgan fingerprint density at radius 1 is 1.25 bits per heavy atom. The number of halogens is 3. The number of fused-ring (bicyclic) bond motifs is 1. The first-order chi connectivity index (χ1) is 12.9. The largest absolute Gasteiger partial charge is 0.480 e. The highest BCUT2D eigenvalue weighted by Crippen LogP contribution is 2.64. The number of nitrogens with zero attached hydrogens (tertiary/aromatic N) is 1. The molecule has 3 fully saturated rings. The van der Waals surface area contributed by atoms with Crippen LogP contribution in [-0.4, -0.2) is 64.8 Å². The molecule has 10 heteroatoms. The number of carbonyl (C=O) groups is 3. The number of alkyl halides is 3. The lowest BCUT2D eigenvalue weighted by molar-refractivity contribution is -0.177. The van der Waals surface area contributed by atoms with Crippen molar-refractivity contribution < 1.29 is 37.4 Å². The summed E-state index contributed by atoms with van der Waals surface area (Å²) in [5.41, 5.74) is -0.238. The van der Waals surface area contributed by atoms with E-state index >= 15 is 0 Å². The molecule has 3 aliphatic rings. The van der Waals surface area contributed by atoms with E-state index in [2.05, 4.69) is 0 Å². The highest BCUT2D eigenvalue weighted by molar-refractivity contribution is 5.93. The van der Waals surface area contributed by atoms with Crippen LogP contribution in [0.2, 0.25) is 0 Å². The molecule has 1 heterocycles. The zero-order chi connectivity index (χ0) is 21.0. The molecule has 0 radical (unpaired) electrons. The van der Waals surface area contributed by atoms with Crippen molar-refractivity contribution in [3.63, 3.8) is 0 Å². The van der Waals surface area contributed by atoms with Crippen molar-refractivity contribution in [3.8, 4) is 0 Å². The van der Waals surface area contributed by atoms with E-state index < -0.39 is 42.1 Å². The highest BCUT2D eigenvalue weighted by Gasteiger charge is 2.70. The van der Waals surface area contributed by atoms with E-state index in [1.807, 2.05) is 13.8 Å². The van der Waals surface area contributed by atoms with Gasteiger partial charge in [-0.05, 0) is 37.5 Å². The van der Waals surface area contributed by atoms with Gasteiger partial charge >= 0.3 is 18.1 Å². The molecule has 1 aliphatic heterocycles. The molecular formula is C18H25F3N2O5. The number of carboxylic acid groups (broad SMARTS) is 1. The predicted octanol–water partition coefficient (Wildman–Crippen LogP) is 1.56. The van der Waals surface area contributed by atoms with Crippen molar-refractivity contribution in [1.29, 1.82) is 0 Å². The average molecular weight is 406 g/mol. The molecule has 3 unspecified atom stereocenters. The van der Waals surface area contributed by atoms with Gasteiger partial charge in [0.05, 0.1) is 12.2 Å². The molecule has 0 aromatic rings. The van der Waals surface area contributed by atoms with Crippen LogP contribution in [-0.2, 0) is 19.1 Å². The topological polar surface area (TPSA) is 95.9 Å². The second kappa shape index (κ2) is 6.89. The number of carbonyl (C=O) groups excluding carboxylic acids is 2. The Kier molecular flexibility index (Phi) is 5.14. The quantitative estimate of drug-likeness (QED) is 0.698. The minimum atomic E-state index is -5.16. The van der Waals surface area contributed by atoms with Crippen LogP contribution in [0.3, 0.4) is 0 Å². The first-order valence-corrected chi connectivity index (χ1v) is 9.42. The smallest absolute Gasteiger partial charge is 0.471 e. The number of ether oxygens (including phenoxy) is 1. The predicted molar refractivity (Wildman–Crippen MR) is 90.1 cm³/mol. The van der Waals surface area contributed by atoms with Crippen LogP contribution < -0.4 is 5.32 Å². The number of hydrogen-bond acceptors (Lipinski definition) is 4. The summed E-state index contributed by atoms with van der Waals surface area (Å²) < 4.78 is 43.9. The fraction of sp³-hybridized carbons (Fsp3) is 0.833. The second-order valence-corrected chi connectivity index (χ2v) is 8.57. The minimum absolute atomic E-state index is 0.0284. The maximum absolute atomic E-state index is 13.0. The zero-order valence-electron chi connectivity index (χ0n) is 16.0. The Morgan fingerprint density at radius 3 is 2.32 bits per heavy atom. The third-order valence-corrected chi connectivity index (χ3v) is 6.48. The van der Waals surface area contributed by atoms with Crippen LogP contribution >= 0.6 is 0 Å². The molecule has 0 bridgehead atoms. The summed E-state index contributed by atoms with van der Waals surface area (Å²) in [6, 6.07) is -2.72. The Balaban J connectivity index is 1.79. The van der Waals surface area contributed by atoms with Gasteiger partial charge in [-0.25, -0.2) is 4.79 Å². The van der Waals surface area contributed by atoms with Gasteiger partial charge in [0, 0.05) is 12.5 Å². The molecule has 7 nitrogen and oxygen atoms in total. The molecule has 158 valence electrons. The monoisotopic (exact) mass is 406 g/mol. The van der Waals surface area contributed by atoms with E-state index in [4.69, 9.17) is 4.74 Å². The van der Waals surface area contributed by atoms with Crippen molar-refractivity contribution in [2.75, 3.05) is 6.54 Å². The second-order valence-electron chi connectivity index (χ2n) is 8.57. The number of aliphatic carboxylic acids is 1. The minimum Gasteiger partial charge on any atom is -0.480 e. The van der Waals surface area contributed by atoms with E-state index in [-0.39, 0.29) is 29.9 Å². The van der Waals surface area contributed by atoms with Gasteiger partial charge in [0.15, 0.2) is 0 Å². The zero-order valence-corrected chi connectivity index (χ0v) is 16.0. The number of piperidine rings is 1. The number of amides is 2. The number of rotatable bonds is 6. The van der Waals surface area contributed by atoms with E-state index in [0.717, 1.165) is 24.2 Å². The Hall–Kier alpha value is -1.84. The van der Waals surface area contributed by atoms with E-state index in [1.165, 1.54) is 6.92 Å². The van der Waals surface area contributed by atoms with Gasteiger partial charge in [0.2, 0.25) is 5.91 Å². The van der Waals surface area contributed by atoms with Crippen molar-refractivity contribution >= 4 is 17.8 Å². The van der Waals surface area contributed by atoms with Gasteiger partial charge in [-0.1, -0.05) is 13.8 Å². The number of carboxylic acids is 1. The summed E-state index contributed by atoms with van der Waals surface area (Å²) in [5, 5.41) is 11.3. The number of nitrogens with one attached hydrogen (secondary N) is 1. The van der Waals surface area contributed by atoms with Crippen LogP contribution in [0.5, 0.6) is 0 Å². The molecule has 28 heavy (non-hydrogen) atoms. The summed E-state index contributed by atoms with van der Waals surface area (Å²) in [6.45, 7) is 5.38. The van der Waals surface area contributed by atoms with Crippen LogP contribution in [0, 0.1) is 17.3 Å². The Morgan fingerprint density at radius 2 is 1.86 bits per heavy atom. The molecule has 0 aromatic heterocycles. The van der Waals surface area contributed by atoms with E-state index in [9.17, 15) is 32.7 Å². The van der Waals surface area contributed by atoms with Crippen LogP contribution in [0.1, 0.15) is 40.0 Å². The average Bonchev–Trinajstić information content (AvgIpc) is 2.92. The standard InChI is InChI=1S/C18H25F3N2O5/c1-8(28-9-5-4-6-9)12(22-16(27)18(19,20)21)14(24)23-7-10-11(17(10,2)3)13(23)15(25)26/h8-13H,4-7H2,1-3H3,(H,22,27)(H,25,26)/t8-,10?,11?,12+,13?/m1/s1. The number of likely N-dealkylation sites (tertiary alicyclic amines) is 1. The maximum atomic E-state index is 13.0. The van der Waals surface area contributed by atoms with Crippen LogP contribution in [0.4, 0.5) is 13.2 Å². The Labute approximate surface area is 160 Å². The summed E-state index contributed by atoms with van der Waals surface area (Å²) in [4.78, 5) is 37.4. The molecule has 2 aliphatic carbocycles. The van der Waals surface area contributed by atoms with Gasteiger partial charge in [-0.2, -0.15) is 13.2 Å². The maximum Gasteiger partial charge on any atom is 0.471 e. The van der Waals surface area contributed by atoms with Crippen molar-refractivity contribution in [3.05, 3.63) is 0 Å². The molecule has 2 amide bonds. The first kappa shape index (κ1) is 20.9. The molecule has 0 aromatic carbocycles. The van der Waals surface area contributed by atoms with Gasteiger partial charge < -0.3 is 20.1 Å². The lowest BCUT2D eigenvalue weighted by Gasteiger charge is -2.36. The van der Waals surface area contributed by atoms with Crippen molar-refractivity contribution in [1.82, 2.24) is 10.2 Å². The molecule has 5 atom stereocenters. The lowest BCUT2D eigenvalue weighted by atomic mass is 9.95. The van der Waals surface area contributed by atoms with Crippen LogP contribution in [0.25, 0.3) is 0 Å². The third kappa shape index (κ3) is 3.58. The third-order valence-electron chi connectivity index (χ3n) is 6.48. The van der Waals surface area contributed by atoms with Crippen molar-refractivity contribution in [2.24, 2.45) is 17.3 Å². The number of hydrogen-bond donors (Lipinski definition) is 2. The fourth-order valence-corrected chi connectivity index (χ4v) is 4.47. The summed E-state index contributed by atoms with van der Waals surface area (Å²) in [7, 11) is 0. The lowest BCUT2D eigenvalue weighted by Crippen LogP contribution is -2.59. The van der Waals surface area contributed by atoms with E-state index in [1.54, 1.807) is 5.32 Å². The highest BCUT2D eigenvalue weighted by atomic mass is 19.4. The summed E-state index contributed by atoms with van der Waals surface area (Å²) in [5.74, 6) is -4.57. The van der Waals surface area contributed by atoms with Crippen molar-refractivity contribution in [2.45, 2.75) is 70.5 Å². The molecule has 1 saturated heterocycles. The van der Waals surface area contributed by atoms with Gasteiger partial charge in [-0.3, -0.25) is 9.59 Å². The molecule has 0 spiro atoms. The summed E-state index contributed by atoms with van der Waals surface area (Å²) in [6.07, 6.45) is -3.94. The molecule has 3 rings (SSSR count). The normalized spacial score (nSPS) is 30.8. The SMILES string of the molecule is C[C@@H](OC1CCC1)[C@H](NC(=O)C(F)(F)F)C(=O)N1CC2C(C1C(=O)O)C2(C)C. The summed E-state index contributed by atoms with van der Waals surface area (Å²) >= 11 is 0. The first-order valence-electron chi connectivity index (χ1n) is 9.42. The van der Waals surface area contributed by atoms with Gasteiger partial charge in [-0.15, -0.1) is 0 Å². The van der Waals surface area contributed by atoms with Gasteiger partial charge in [0.25, 0.3) is 0 Å². The van der Waals surface area contributed by atoms with Gasteiger partial charge in [0.1, 0.15) is 12.1 Å². The van der Waals surface area contributed by atoms with E-state index in [0.29, 0.717) is 0 Å². The Bertz CT molecular complexity index is 677. The van der Waals surface area contributed by atoms with Crippen LogP contribution in [0.15, 0.2) is 0 Å². The fourth-order valence-electron chi connectivity index (χ4n) is 4.47.